The molecule has 3 heterocycles. The van der Waals surface area contributed by atoms with Gasteiger partial charge in [0, 0.05) is 31.7 Å². The number of aromatic nitrogens is 2. The molecule has 3 rings (SSSR count). The van der Waals surface area contributed by atoms with Gasteiger partial charge in [0.05, 0.1) is 23.3 Å². The van der Waals surface area contributed by atoms with Gasteiger partial charge < -0.3 is 21.7 Å². The third-order valence-electron chi connectivity index (χ3n) is 3.89. The lowest BCUT2D eigenvalue weighted by atomic mass is 10.1. The maximum atomic E-state index is 11.0. The number of pyridine rings is 2. The van der Waals surface area contributed by atoms with Gasteiger partial charge in [-0.05, 0) is 18.2 Å². The molecule has 0 saturated carbocycles. The summed E-state index contributed by atoms with van der Waals surface area (Å²) >= 11 is 0. The Morgan fingerprint density at radius 3 is 2.80 bits per heavy atom. The minimum absolute atomic E-state index is 0.157. The zero-order valence-electron chi connectivity index (χ0n) is 13.6. The molecule has 1 aliphatic rings. The Morgan fingerprint density at radius 2 is 2.08 bits per heavy atom. The van der Waals surface area contributed by atoms with E-state index in [1.807, 2.05) is 12.1 Å². The Bertz CT molecular complexity index is 800. The van der Waals surface area contributed by atoms with Crippen molar-refractivity contribution in [1.82, 2.24) is 15.3 Å². The van der Waals surface area contributed by atoms with Crippen LogP contribution in [0, 0.1) is 5.41 Å². The molecule has 9 heteroatoms. The number of carbonyl (C=O) groups is 1. The normalized spacial score (nSPS) is 14.2. The van der Waals surface area contributed by atoms with Crippen LogP contribution in [0.15, 0.2) is 30.5 Å². The summed E-state index contributed by atoms with van der Waals surface area (Å²) in [5.74, 6) is 1.06. The van der Waals surface area contributed by atoms with Gasteiger partial charge in [-0.2, -0.15) is 0 Å². The van der Waals surface area contributed by atoms with E-state index in [-0.39, 0.29) is 11.5 Å². The SMILES string of the molecule is N=C(c1cccc(N2CCNCC2)n1)c1cc(NC(N)=O)ncc1N. The fourth-order valence-electron chi connectivity index (χ4n) is 2.65. The van der Waals surface area contributed by atoms with Crippen molar-refractivity contribution in [2.24, 2.45) is 5.73 Å². The lowest BCUT2D eigenvalue weighted by Crippen LogP contribution is -2.44. The van der Waals surface area contributed by atoms with Crippen molar-refractivity contribution >= 4 is 29.1 Å². The molecule has 130 valence electrons. The number of anilines is 3. The van der Waals surface area contributed by atoms with Crippen LogP contribution in [0.1, 0.15) is 11.3 Å². The molecule has 25 heavy (non-hydrogen) atoms. The first-order chi connectivity index (χ1) is 12.0. The molecule has 0 aromatic carbocycles. The van der Waals surface area contributed by atoms with Crippen molar-refractivity contribution in [3.8, 4) is 0 Å². The maximum Gasteiger partial charge on any atom is 0.317 e. The molecule has 0 unspecified atom stereocenters. The predicted molar refractivity (Wildman–Crippen MR) is 97.1 cm³/mol. The van der Waals surface area contributed by atoms with Gasteiger partial charge in [0.2, 0.25) is 0 Å². The standard InChI is InChI=1S/C16H20N8O/c17-11-9-21-13(23-16(19)25)8-10(11)15(18)12-2-1-3-14(22-12)24-6-4-20-5-7-24/h1-3,8-9,18,20H,4-7,17H2,(H3,19,21,23,25). The molecule has 0 radical (unpaired) electrons. The van der Waals surface area contributed by atoms with Crippen molar-refractivity contribution < 1.29 is 4.79 Å². The van der Waals surface area contributed by atoms with E-state index in [0.717, 1.165) is 32.0 Å². The number of rotatable bonds is 4. The molecule has 2 amide bonds. The van der Waals surface area contributed by atoms with Crippen LogP contribution in [-0.2, 0) is 0 Å². The second-order valence-electron chi connectivity index (χ2n) is 5.64. The van der Waals surface area contributed by atoms with Crippen LogP contribution in [0.5, 0.6) is 0 Å². The average Bonchev–Trinajstić information content (AvgIpc) is 2.63. The van der Waals surface area contributed by atoms with Crippen molar-refractivity contribution in [2.45, 2.75) is 0 Å². The molecule has 0 atom stereocenters. The number of nitrogens with two attached hydrogens (primary N) is 2. The zero-order valence-corrected chi connectivity index (χ0v) is 13.6. The van der Waals surface area contributed by atoms with Gasteiger partial charge in [-0.25, -0.2) is 14.8 Å². The Morgan fingerprint density at radius 1 is 1.32 bits per heavy atom. The molecule has 9 nitrogen and oxygen atoms in total. The summed E-state index contributed by atoms with van der Waals surface area (Å²) in [4.78, 5) is 21.7. The average molecular weight is 340 g/mol. The van der Waals surface area contributed by atoms with E-state index >= 15 is 0 Å². The van der Waals surface area contributed by atoms with Crippen molar-refractivity contribution in [1.29, 1.82) is 5.41 Å². The summed E-state index contributed by atoms with van der Waals surface area (Å²) < 4.78 is 0. The van der Waals surface area contributed by atoms with Gasteiger partial charge in [-0.1, -0.05) is 6.07 Å². The van der Waals surface area contributed by atoms with Crippen molar-refractivity contribution in [3.63, 3.8) is 0 Å². The predicted octanol–water partition coefficient (Wildman–Crippen LogP) is 0.375. The highest BCUT2D eigenvalue weighted by Crippen LogP contribution is 2.20. The molecule has 2 aromatic heterocycles. The molecule has 1 aliphatic heterocycles. The first kappa shape index (κ1) is 16.7. The third kappa shape index (κ3) is 3.83. The van der Waals surface area contributed by atoms with Gasteiger partial charge in [0.25, 0.3) is 0 Å². The monoisotopic (exact) mass is 340 g/mol. The topological polar surface area (TPSA) is 146 Å². The van der Waals surface area contributed by atoms with E-state index in [0.29, 0.717) is 16.9 Å². The van der Waals surface area contributed by atoms with Crippen molar-refractivity contribution in [3.05, 3.63) is 41.7 Å². The van der Waals surface area contributed by atoms with E-state index in [4.69, 9.17) is 16.9 Å². The number of primary amides is 1. The quantitative estimate of drug-likeness (QED) is 0.508. The first-order valence-corrected chi connectivity index (χ1v) is 7.88. The van der Waals surface area contributed by atoms with E-state index < -0.39 is 6.03 Å². The Labute approximate surface area is 144 Å². The highest BCUT2D eigenvalue weighted by Gasteiger charge is 2.16. The van der Waals surface area contributed by atoms with E-state index in [9.17, 15) is 4.79 Å². The number of nitrogen functional groups attached to an aromatic ring is 1. The third-order valence-corrected chi connectivity index (χ3v) is 3.89. The van der Waals surface area contributed by atoms with Gasteiger partial charge in [-0.3, -0.25) is 10.7 Å². The second-order valence-corrected chi connectivity index (χ2v) is 5.64. The fourth-order valence-corrected chi connectivity index (χ4v) is 2.65. The number of carbonyl (C=O) groups excluding carboxylic acids is 1. The molecule has 2 aromatic rings. The number of piperazine rings is 1. The molecule has 7 N–H and O–H groups in total. The summed E-state index contributed by atoms with van der Waals surface area (Å²) in [6, 6.07) is 6.34. The number of amides is 2. The molecule has 0 bridgehead atoms. The number of nitrogens with zero attached hydrogens (tertiary/aromatic N) is 3. The summed E-state index contributed by atoms with van der Waals surface area (Å²) in [6.07, 6.45) is 1.38. The van der Waals surface area contributed by atoms with Gasteiger partial charge in [0.1, 0.15) is 11.6 Å². The summed E-state index contributed by atoms with van der Waals surface area (Å²) in [5.41, 5.74) is 12.5. The van der Waals surface area contributed by atoms with Gasteiger partial charge in [-0.15, -0.1) is 0 Å². The van der Waals surface area contributed by atoms with E-state index in [1.165, 1.54) is 12.3 Å². The number of urea groups is 1. The number of hydrogen-bond donors (Lipinski definition) is 5. The van der Waals surface area contributed by atoms with Crippen LogP contribution in [-0.4, -0.2) is 47.9 Å². The van der Waals surface area contributed by atoms with Gasteiger partial charge >= 0.3 is 6.03 Å². The lowest BCUT2D eigenvalue weighted by Gasteiger charge is -2.28. The number of nitrogens with one attached hydrogen (secondary N) is 3. The van der Waals surface area contributed by atoms with Crippen LogP contribution in [0.2, 0.25) is 0 Å². The summed E-state index contributed by atoms with van der Waals surface area (Å²) in [7, 11) is 0. The largest absolute Gasteiger partial charge is 0.397 e. The van der Waals surface area contributed by atoms with Crippen LogP contribution < -0.4 is 27.0 Å². The minimum atomic E-state index is -0.728. The summed E-state index contributed by atoms with van der Waals surface area (Å²) in [6.45, 7) is 3.55. The van der Waals surface area contributed by atoms with E-state index in [2.05, 4.69) is 25.5 Å². The highest BCUT2D eigenvalue weighted by atomic mass is 16.2. The molecule has 0 spiro atoms. The second kappa shape index (κ2) is 7.14. The van der Waals surface area contributed by atoms with E-state index in [1.54, 1.807) is 6.07 Å². The van der Waals surface area contributed by atoms with Crippen LogP contribution in [0.3, 0.4) is 0 Å². The van der Waals surface area contributed by atoms with Crippen LogP contribution in [0.25, 0.3) is 0 Å². The van der Waals surface area contributed by atoms with Crippen molar-refractivity contribution in [2.75, 3.05) is 42.1 Å². The van der Waals surface area contributed by atoms with Crippen LogP contribution >= 0.6 is 0 Å². The fraction of sp³-hybridized carbons (Fsp3) is 0.250. The molecule has 1 saturated heterocycles. The minimum Gasteiger partial charge on any atom is -0.397 e. The highest BCUT2D eigenvalue weighted by molar-refractivity contribution is 6.13. The molecule has 1 fully saturated rings. The van der Waals surface area contributed by atoms with Gasteiger partial charge in [0.15, 0.2) is 0 Å². The smallest absolute Gasteiger partial charge is 0.317 e. The number of hydrogen-bond acceptors (Lipinski definition) is 7. The summed E-state index contributed by atoms with van der Waals surface area (Å²) in [5, 5.41) is 14.1. The maximum absolute atomic E-state index is 11.0. The molecular weight excluding hydrogens is 320 g/mol. The first-order valence-electron chi connectivity index (χ1n) is 7.88. The Hall–Kier alpha value is -3.20. The zero-order chi connectivity index (χ0) is 17.8. The Balaban J connectivity index is 1.89. The Kier molecular flexibility index (Phi) is 4.75. The van der Waals surface area contributed by atoms with Crippen LogP contribution in [0.4, 0.5) is 22.1 Å². The molecular formula is C16H20N8O. The lowest BCUT2D eigenvalue weighted by molar-refractivity contribution is 0.259. The molecule has 0 aliphatic carbocycles.